The number of methoxy groups -OCH3 is 1. The summed E-state index contributed by atoms with van der Waals surface area (Å²) in [6, 6.07) is 4.00. The Balaban J connectivity index is 1.94. The largest absolute Gasteiger partial charge is 0.467 e. The molecule has 0 bridgehead atoms. The van der Waals surface area contributed by atoms with Crippen molar-refractivity contribution in [1.82, 2.24) is 14.6 Å². The van der Waals surface area contributed by atoms with Crippen molar-refractivity contribution in [3.8, 4) is 0 Å². The summed E-state index contributed by atoms with van der Waals surface area (Å²) in [5.74, 6) is 0.562. The molecule has 2 aromatic rings. The Bertz CT molecular complexity index is 640. The maximum atomic E-state index is 11.6. The van der Waals surface area contributed by atoms with Gasteiger partial charge in [0.2, 0.25) is 0 Å². The van der Waals surface area contributed by atoms with Crippen LogP contribution in [0.25, 0.3) is 5.65 Å². The lowest BCUT2D eigenvalue weighted by Crippen LogP contribution is -2.47. The predicted octanol–water partition coefficient (Wildman–Crippen LogP) is 0.416. The average Bonchev–Trinajstić information content (AvgIpc) is 2.93. The minimum absolute atomic E-state index is 0.350. The van der Waals surface area contributed by atoms with E-state index in [1.165, 1.54) is 13.4 Å². The number of carbonyl (C=O) groups is 1. The first-order chi connectivity index (χ1) is 9.69. The van der Waals surface area contributed by atoms with Crippen LogP contribution >= 0.6 is 0 Å². The highest BCUT2D eigenvalue weighted by molar-refractivity contribution is 5.75. The third-order valence-corrected chi connectivity index (χ3v) is 3.36. The molecular formula is C13H16N4O3. The van der Waals surface area contributed by atoms with Crippen LogP contribution < -0.4 is 4.90 Å². The predicted molar refractivity (Wildman–Crippen MR) is 71.7 cm³/mol. The maximum absolute atomic E-state index is 11.6. The second-order valence-corrected chi connectivity index (χ2v) is 4.75. The van der Waals surface area contributed by atoms with E-state index in [0.29, 0.717) is 19.7 Å². The van der Waals surface area contributed by atoms with Crippen molar-refractivity contribution in [3.63, 3.8) is 0 Å². The second-order valence-electron chi connectivity index (χ2n) is 4.75. The fourth-order valence-electron chi connectivity index (χ4n) is 2.39. The topological polar surface area (TPSA) is 69.0 Å². The molecule has 1 fully saturated rings. The van der Waals surface area contributed by atoms with E-state index in [4.69, 9.17) is 9.47 Å². The lowest BCUT2D eigenvalue weighted by molar-refractivity contribution is -0.154. The Morgan fingerprint density at radius 3 is 3.15 bits per heavy atom. The molecule has 0 spiro atoms. The minimum Gasteiger partial charge on any atom is -0.467 e. The SMILES string of the molecule is COC(=O)C1CN(c2cc(C)cc3ncnn23)CCO1. The monoisotopic (exact) mass is 276 g/mol. The first-order valence-electron chi connectivity index (χ1n) is 6.44. The van der Waals surface area contributed by atoms with Crippen molar-refractivity contribution < 1.29 is 14.3 Å². The van der Waals surface area contributed by atoms with Gasteiger partial charge in [-0.2, -0.15) is 9.61 Å². The number of carbonyl (C=O) groups excluding carboxylic acids is 1. The number of esters is 1. The number of pyridine rings is 1. The highest BCUT2D eigenvalue weighted by atomic mass is 16.6. The number of aromatic nitrogens is 3. The highest BCUT2D eigenvalue weighted by Crippen LogP contribution is 2.20. The summed E-state index contributed by atoms with van der Waals surface area (Å²) in [6.07, 6.45) is 0.962. The Kier molecular flexibility index (Phi) is 3.27. The van der Waals surface area contributed by atoms with Gasteiger partial charge in [-0.05, 0) is 24.6 Å². The van der Waals surface area contributed by atoms with Crippen LogP contribution in [0.1, 0.15) is 5.56 Å². The molecular weight excluding hydrogens is 260 g/mol. The summed E-state index contributed by atoms with van der Waals surface area (Å²) in [5.41, 5.74) is 1.89. The molecule has 0 amide bonds. The van der Waals surface area contributed by atoms with Crippen LogP contribution in [-0.4, -0.2) is 53.5 Å². The molecule has 7 heteroatoms. The van der Waals surface area contributed by atoms with Crippen LogP contribution in [0.3, 0.4) is 0 Å². The third-order valence-electron chi connectivity index (χ3n) is 3.36. The number of anilines is 1. The van der Waals surface area contributed by atoms with E-state index in [9.17, 15) is 4.79 Å². The van der Waals surface area contributed by atoms with Gasteiger partial charge in [-0.15, -0.1) is 0 Å². The number of fused-ring (bicyclic) bond motifs is 1. The van der Waals surface area contributed by atoms with Crippen LogP contribution in [-0.2, 0) is 14.3 Å². The quantitative estimate of drug-likeness (QED) is 0.740. The molecule has 0 N–H and O–H groups in total. The van der Waals surface area contributed by atoms with Crippen LogP contribution in [0.5, 0.6) is 0 Å². The fourth-order valence-corrected chi connectivity index (χ4v) is 2.39. The summed E-state index contributed by atoms with van der Waals surface area (Å²) in [6.45, 7) is 3.64. The number of hydrogen-bond donors (Lipinski definition) is 0. The zero-order valence-corrected chi connectivity index (χ0v) is 11.4. The molecule has 0 saturated carbocycles. The molecule has 1 unspecified atom stereocenters. The molecule has 3 rings (SSSR count). The lowest BCUT2D eigenvalue weighted by atomic mass is 10.2. The minimum atomic E-state index is -0.562. The molecule has 0 radical (unpaired) electrons. The summed E-state index contributed by atoms with van der Waals surface area (Å²) in [4.78, 5) is 17.9. The number of morpholine rings is 1. The number of hydrogen-bond acceptors (Lipinski definition) is 6. The summed E-state index contributed by atoms with van der Waals surface area (Å²) >= 11 is 0. The lowest BCUT2D eigenvalue weighted by Gasteiger charge is -2.33. The molecule has 3 heterocycles. The molecule has 20 heavy (non-hydrogen) atoms. The molecule has 106 valence electrons. The van der Waals surface area contributed by atoms with Gasteiger partial charge < -0.3 is 14.4 Å². The standard InChI is InChI=1S/C13H16N4O3/c1-9-5-11-14-8-15-17(11)12(6-9)16-3-4-20-10(7-16)13(18)19-2/h5-6,8,10H,3-4,7H2,1-2H3. The third kappa shape index (κ3) is 2.20. The van der Waals surface area contributed by atoms with Crippen molar-refractivity contribution in [2.24, 2.45) is 0 Å². The normalized spacial score (nSPS) is 19.3. The molecule has 0 aromatic carbocycles. The number of aryl methyl sites for hydroxylation is 1. The fraction of sp³-hybridized carbons (Fsp3) is 0.462. The Labute approximate surface area is 116 Å². The van der Waals surface area contributed by atoms with Crippen LogP contribution in [0.15, 0.2) is 18.5 Å². The zero-order valence-electron chi connectivity index (χ0n) is 11.4. The van der Waals surface area contributed by atoms with Crippen LogP contribution in [0, 0.1) is 6.92 Å². The average molecular weight is 276 g/mol. The van der Waals surface area contributed by atoms with Crippen molar-refractivity contribution in [2.45, 2.75) is 13.0 Å². The van der Waals surface area contributed by atoms with E-state index in [-0.39, 0.29) is 5.97 Å². The molecule has 2 aromatic heterocycles. The summed E-state index contributed by atoms with van der Waals surface area (Å²) in [5, 5.41) is 4.23. The van der Waals surface area contributed by atoms with E-state index in [1.54, 1.807) is 4.52 Å². The first kappa shape index (κ1) is 12.9. The first-order valence-corrected chi connectivity index (χ1v) is 6.44. The van der Waals surface area contributed by atoms with Gasteiger partial charge in [-0.3, -0.25) is 0 Å². The maximum Gasteiger partial charge on any atom is 0.336 e. The van der Waals surface area contributed by atoms with Gasteiger partial charge >= 0.3 is 5.97 Å². The van der Waals surface area contributed by atoms with Gasteiger partial charge in [-0.25, -0.2) is 9.78 Å². The summed E-state index contributed by atoms with van der Waals surface area (Å²) < 4.78 is 12.0. The second kappa shape index (κ2) is 5.09. The van der Waals surface area contributed by atoms with E-state index < -0.39 is 6.10 Å². The Hall–Kier alpha value is -2.15. The van der Waals surface area contributed by atoms with Gasteiger partial charge in [0.25, 0.3) is 0 Å². The highest BCUT2D eigenvalue weighted by Gasteiger charge is 2.28. The molecule has 1 saturated heterocycles. The van der Waals surface area contributed by atoms with E-state index in [0.717, 1.165) is 17.0 Å². The number of rotatable bonds is 2. The van der Waals surface area contributed by atoms with E-state index >= 15 is 0 Å². The van der Waals surface area contributed by atoms with Gasteiger partial charge in [0.05, 0.1) is 20.3 Å². The van der Waals surface area contributed by atoms with Crippen molar-refractivity contribution >= 4 is 17.4 Å². The van der Waals surface area contributed by atoms with Crippen molar-refractivity contribution in [2.75, 3.05) is 31.7 Å². The summed E-state index contributed by atoms with van der Waals surface area (Å²) in [7, 11) is 1.37. The Morgan fingerprint density at radius 1 is 1.50 bits per heavy atom. The Morgan fingerprint density at radius 2 is 2.35 bits per heavy atom. The number of nitrogens with zero attached hydrogens (tertiary/aromatic N) is 4. The number of ether oxygens (including phenoxy) is 2. The van der Waals surface area contributed by atoms with Gasteiger partial charge in [0.1, 0.15) is 12.1 Å². The molecule has 1 atom stereocenters. The van der Waals surface area contributed by atoms with Crippen molar-refractivity contribution in [3.05, 3.63) is 24.0 Å². The van der Waals surface area contributed by atoms with Gasteiger partial charge in [-0.1, -0.05) is 0 Å². The molecule has 0 aliphatic carbocycles. The molecule has 7 nitrogen and oxygen atoms in total. The smallest absolute Gasteiger partial charge is 0.336 e. The van der Waals surface area contributed by atoms with E-state index in [1.807, 2.05) is 19.1 Å². The molecule has 1 aliphatic heterocycles. The molecule has 1 aliphatic rings. The van der Waals surface area contributed by atoms with Crippen LogP contribution in [0.2, 0.25) is 0 Å². The van der Waals surface area contributed by atoms with Crippen molar-refractivity contribution in [1.29, 1.82) is 0 Å². The van der Waals surface area contributed by atoms with E-state index in [2.05, 4.69) is 15.0 Å². The van der Waals surface area contributed by atoms with Gasteiger partial charge in [0.15, 0.2) is 11.8 Å². The zero-order chi connectivity index (χ0) is 14.1. The van der Waals surface area contributed by atoms with Crippen LogP contribution in [0.4, 0.5) is 5.82 Å². The van der Waals surface area contributed by atoms with Gasteiger partial charge in [0, 0.05) is 6.54 Å².